The van der Waals surface area contributed by atoms with Crippen LogP contribution in [-0.4, -0.2) is 44.7 Å². The molecule has 0 bridgehead atoms. The van der Waals surface area contributed by atoms with E-state index in [0.29, 0.717) is 25.2 Å². The maximum Gasteiger partial charge on any atom is 0.416 e. The number of carbonyl (C=O) groups excluding carboxylic acids is 1. The summed E-state index contributed by atoms with van der Waals surface area (Å²) in [7, 11) is 1.62. The van der Waals surface area contributed by atoms with Crippen LogP contribution in [0.25, 0.3) is 0 Å². The first-order valence-corrected chi connectivity index (χ1v) is 10.8. The zero-order valence-electron chi connectivity index (χ0n) is 18.4. The van der Waals surface area contributed by atoms with Gasteiger partial charge in [0.25, 0.3) is 0 Å². The highest BCUT2D eigenvalue weighted by Gasteiger charge is 2.43. The van der Waals surface area contributed by atoms with Gasteiger partial charge >= 0.3 is 6.18 Å². The number of hydrogen-bond acceptors (Lipinski definition) is 4. The van der Waals surface area contributed by atoms with Crippen molar-refractivity contribution in [2.24, 2.45) is 5.92 Å². The minimum atomic E-state index is -4.41. The molecule has 2 heterocycles. The van der Waals surface area contributed by atoms with E-state index in [1.54, 1.807) is 13.2 Å². The molecule has 5 nitrogen and oxygen atoms in total. The van der Waals surface area contributed by atoms with Gasteiger partial charge in [-0.25, -0.2) is 0 Å². The summed E-state index contributed by atoms with van der Waals surface area (Å²) in [4.78, 5) is 17.4. The van der Waals surface area contributed by atoms with Crippen LogP contribution in [0.1, 0.15) is 25.0 Å². The van der Waals surface area contributed by atoms with Crippen LogP contribution in [0.15, 0.2) is 42.5 Å². The maximum atomic E-state index is 13.3. The third kappa shape index (κ3) is 4.36. The third-order valence-corrected chi connectivity index (χ3v) is 6.23. The van der Waals surface area contributed by atoms with Crippen LogP contribution >= 0.6 is 0 Å². The Morgan fingerprint density at radius 2 is 1.94 bits per heavy atom. The number of methoxy groups -OCH3 is 1. The number of nitrogens with one attached hydrogen (secondary N) is 1. The third-order valence-electron chi connectivity index (χ3n) is 6.23. The summed E-state index contributed by atoms with van der Waals surface area (Å²) >= 11 is 0. The van der Waals surface area contributed by atoms with Crippen molar-refractivity contribution in [2.45, 2.75) is 38.5 Å². The lowest BCUT2D eigenvalue weighted by Crippen LogP contribution is -2.61. The highest BCUT2D eigenvalue weighted by Crippen LogP contribution is 2.40. The molecule has 2 aliphatic rings. The smallest absolute Gasteiger partial charge is 0.416 e. The zero-order valence-corrected chi connectivity index (χ0v) is 18.4. The van der Waals surface area contributed by atoms with Gasteiger partial charge in [0.2, 0.25) is 5.91 Å². The second-order valence-corrected chi connectivity index (χ2v) is 8.72. The normalized spacial score (nSPS) is 20.6. The summed E-state index contributed by atoms with van der Waals surface area (Å²) in [5.74, 6) is 0.194. The Balaban J connectivity index is 1.68. The van der Waals surface area contributed by atoms with Gasteiger partial charge in [0.15, 0.2) is 0 Å². The standard InChI is InChI=1S/C24H28F3N3O2/c1-15(2)28-23(31)20-12-16-11-17(24(25,26)27)7-8-21(16)30-10-9-29(14-22(20)30)18-5-4-6-19(13-18)32-3/h4-8,11,13,15,20,22H,9-10,12,14H2,1-3H3,(H,28,31). The van der Waals surface area contributed by atoms with Gasteiger partial charge in [-0.05, 0) is 56.2 Å². The average Bonchev–Trinajstić information content (AvgIpc) is 2.76. The van der Waals surface area contributed by atoms with Crippen molar-refractivity contribution in [3.63, 3.8) is 0 Å². The molecule has 1 fully saturated rings. The van der Waals surface area contributed by atoms with Gasteiger partial charge in [0.05, 0.1) is 24.6 Å². The topological polar surface area (TPSA) is 44.8 Å². The van der Waals surface area contributed by atoms with Crippen molar-refractivity contribution >= 4 is 17.3 Å². The largest absolute Gasteiger partial charge is 0.497 e. The number of rotatable bonds is 4. The summed E-state index contributed by atoms with van der Waals surface area (Å²) in [5.41, 5.74) is 1.70. The predicted octanol–water partition coefficient (Wildman–Crippen LogP) is 4.11. The van der Waals surface area contributed by atoms with Gasteiger partial charge < -0.3 is 19.9 Å². The Morgan fingerprint density at radius 1 is 1.16 bits per heavy atom. The number of halogens is 3. The van der Waals surface area contributed by atoms with E-state index >= 15 is 0 Å². The molecule has 0 spiro atoms. The fourth-order valence-electron chi connectivity index (χ4n) is 4.73. The lowest BCUT2D eigenvalue weighted by molar-refractivity contribution is -0.137. The predicted molar refractivity (Wildman–Crippen MR) is 118 cm³/mol. The number of alkyl halides is 3. The Morgan fingerprint density at radius 3 is 2.62 bits per heavy atom. The van der Waals surface area contributed by atoms with Gasteiger partial charge in [0.1, 0.15) is 5.75 Å². The summed E-state index contributed by atoms with van der Waals surface area (Å²) < 4.78 is 45.3. The molecule has 2 atom stereocenters. The van der Waals surface area contributed by atoms with Crippen LogP contribution in [0.4, 0.5) is 24.5 Å². The molecule has 1 saturated heterocycles. The van der Waals surface area contributed by atoms with E-state index in [2.05, 4.69) is 15.1 Å². The molecule has 2 aromatic carbocycles. The van der Waals surface area contributed by atoms with Crippen molar-refractivity contribution in [1.29, 1.82) is 0 Å². The molecule has 1 amide bonds. The SMILES string of the molecule is COc1cccc(N2CCN3c4ccc(C(F)(F)F)cc4CC(C(=O)NC(C)C)C3C2)c1. The molecule has 0 aliphatic carbocycles. The second-order valence-electron chi connectivity index (χ2n) is 8.72. The number of benzene rings is 2. The quantitative estimate of drug-likeness (QED) is 0.767. The minimum Gasteiger partial charge on any atom is -0.497 e. The van der Waals surface area contributed by atoms with Crippen LogP contribution in [-0.2, 0) is 17.4 Å². The molecule has 2 aromatic rings. The first-order chi connectivity index (χ1) is 15.2. The van der Waals surface area contributed by atoms with E-state index in [1.165, 1.54) is 6.07 Å². The van der Waals surface area contributed by atoms with Crippen LogP contribution in [0.2, 0.25) is 0 Å². The molecule has 0 saturated carbocycles. The molecule has 0 radical (unpaired) electrons. The number of ether oxygens (including phenoxy) is 1. The fourth-order valence-corrected chi connectivity index (χ4v) is 4.73. The summed E-state index contributed by atoms with van der Waals surface area (Å²) in [6.07, 6.45) is -4.13. The first kappa shape index (κ1) is 22.3. The van der Waals surface area contributed by atoms with Crippen LogP contribution in [0.5, 0.6) is 5.75 Å². The summed E-state index contributed by atoms with van der Waals surface area (Å²) in [6.45, 7) is 5.69. The molecular weight excluding hydrogens is 419 g/mol. The van der Waals surface area contributed by atoms with Crippen molar-refractivity contribution in [2.75, 3.05) is 36.5 Å². The van der Waals surface area contributed by atoms with Gasteiger partial charge in [0, 0.05) is 43.1 Å². The molecule has 0 aromatic heterocycles. The number of amides is 1. The minimum absolute atomic E-state index is 0.0445. The first-order valence-electron chi connectivity index (χ1n) is 10.8. The van der Waals surface area contributed by atoms with Crippen LogP contribution < -0.4 is 19.9 Å². The lowest BCUT2D eigenvalue weighted by Gasteiger charge is -2.50. The summed E-state index contributed by atoms with van der Waals surface area (Å²) in [6, 6.07) is 11.5. The fraction of sp³-hybridized carbons (Fsp3) is 0.458. The Bertz CT molecular complexity index is 993. The number of carbonyl (C=O) groups is 1. The maximum absolute atomic E-state index is 13.3. The van der Waals surface area contributed by atoms with E-state index in [4.69, 9.17) is 4.74 Å². The van der Waals surface area contributed by atoms with E-state index in [1.807, 2.05) is 38.1 Å². The molecule has 2 aliphatic heterocycles. The number of fused-ring (bicyclic) bond motifs is 3. The zero-order chi connectivity index (χ0) is 23.0. The second kappa shape index (κ2) is 8.56. The number of piperazine rings is 1. The van der Waals surface area contributed by atoms with Crippen LogP contribution in [0.3, 0.4) is 0 Å². The Hall–Kier alpha value is -2.90. The van der Waals surface area contributed by atoms with Gasteiger partial charge in [-0.1, -0.05) is 6.07 Å². The Labute approximate surface area is 186 Å². The molecule has 8 heteroatoms. The Kier molecular flexibility index (Phi) is 5.97. The molecular formula is C24H28F3N3O2. The highest BCUT2D eigenvalue weighted by molar-refractivity contribution is 5.82. The average molecular weight is 448 g/mol. The van der Waals surface area contributed by atoms with Gasteiger partial charge in [-0.15, -0.1) is 0 Å². The van der Waals surface area contributed by atoms with E-state index < -0.39 is 17.7 Å². The molecule has 32 heavy (non-hydrogen) atoms. The van der Waals surface area contributed by atoms with Gasteiger partial charge in [-0.3, -0.25) is 4.79 Å². The van der Waals surface area contributed by atoms with Crippen molar-refractivity contribution in [3.8, 4) is 5.75 Å². The highest BCUT2D eigenvalue weighted by atomic mass is 19.4. The number of hydrogen-bond donors (Lipinski definition) is 1. The molecule has 1 N–H and O–H groups in total. The van der Waals surface area contributed by atoms with Crippen molar-refractivity contribution < 1.29 is 22.7 Å². The van der Waals surface area contributed by atoms with Crippen molar-refractivity contribution in [3.05, 3.63) is 53.6 Å². The number of anilines is 2. The number of nitrogens with zero attached hydrogens (tertiary/aromatic N) is 2. The lowest BCUT2D eigenvalue weighted by atomic mass is 9.82. The molecule has 172 valence electrons. The summed E-state index contributed by atoms with van der Waals surface area (Å²) in [5, 5.41) is 2.97. The van der Waals surface area contributed by atoms with E-state index in [9.17, 15) is 18.0 Å². The van der Waals surface area contributed by atoms with E-state index in [0.717, 1.165) is 23.2 Å². The molecule has 4 rings (SSSR count). The molecule has 2 unspecified atom stereocenters. The van der Waals surface area contributed by atoms with Crippen LogP contribution in [0, 0.1) is 5.92 Å². The monoisotopic (exact) mass is 447 g/mol. The van der Waals surface area contributed by atoms with Gasteiger partial charge in [-0.2, -0.15) is 13.2 Å². The van der Waals surface area contributed by atoms with Crippen molar-refractivity contribution in [1.82, 2.24) is 5.32 Å². The van der Waals surface area contributed by atoms with E-state index in [-0.39, 0.29) is 24.4 Å².